The number of nitrogens with one attached hydrogen (secondary N) is 1. The van der Waals surface area contributed by atoms with Crippen molar-refractivity contribution < 1.29 is 19.1 Å². The maximum atomic E-state index is 13.8. The summed E-state index contributed by atoms with van der Waals surface area (Å²) in [6, 6.07) is 19.9. The molecule has 3 aromatic carbocycles. The molecule has 8 nitrogen and oxygen atoms in total. The maximum absolute atomic E-state index is 13.8. The Kier molecular flexibility index (Phi) is 10.0. The lowest BCUT2D eigenvalue weighted by Crippen LogP contribution is -2.41. The number of hydrogen-bond donors (Lipinski definition) is 2. The number of methoxy groups -OCH3 is 1. The molecule has 1 saturated carbocycles. The van der Waals surface area contributed by atoms with Crippen LogP contribution in [0.1, 0.15) is 62.3 Å². The van der Waals surface area contributed by atoms with Crippen LogP contribution in [0.25, 0.3) is 0 Å². The van der Waals surface area contributed by atoms with Crippen molar-refractivity contribution in [1.29, 1.82) is 0 Å². The molecule has 44 heavy (non-hydrogen) atoms. The number of amides is 2. The first-order valence-electron chi connectivity index (χ1n) is 15.4. The topological polar surface area (TPSA) is 97.1 Å². The highest BCUT2D eigenvalue weighted by molar-refractivity contribution is 6.30. The van der Waals surface area contributed by atoms with Crippen molar-refractivity contribution in [2.45, 2.75) is 64.1 Å². The third-order valence-corrected chi connectivity index (χ3v) is 8.90. The van der Waals surface area contributed by atoms with Crippen LogP contribution >= 0.6 is 11.6 Å². The Morgan fingerprint density at radius 2 is 1.73 bits per heavy atom. The number of nitrogens with two attached hydrogens (primary N) is 1. The van der Waals surface area contributed by atoms with Gasteiger partial charge in [0.1, 0.15) is 0 Å². The smallest absolute Gasteiger partial charge is 0.232 e. The third kappa shape index (κ3) is 7.30. The van der Waals surface area contributed by atoms with Crippen LogP contribution in [0.4, 0.5) is 11.4 Å². The summed E-state index contributed by atoms with van der Waals surface area (Å²) in [6.07, 6.45) is 4.54. The highest BCUT2D eigenvalue weighted by atomic mass is 35.5. The molecule has 0 radical (unpaired) electrons. The highest BCUT2D eigenvalue weighted by Crippen LogP contribution is 2.44. The molecule has 1 fully saturated rings. The Balaban J connectivity index is 1.38. The summed E-state index contributed by atoms with van der Waals surface area (Å²) >= 11 is 6.26. The van der Waals surface area contributed by atoms with Crippen LogP contribution in [0.3, 0.4) is 0 Å². The minimum atomic E-state index is -0.356. The van der Waals surface area contributed by atoms with Gasteiger partial charge in [-0.05, 0) is 111 Å². The molecule has 1 atom stereocenters. The van der Waals surface area contributed by atoms with Gasteiger partial charge >= 0.3 is 0 Å². The summed E-state index contributed by atoms with van der Waals surface area (Å²) < 4.78 is 11.8. The second kappa shape index (κ2) is 13.9. The number of carbonyl (C=O) groups excluding carboxylic acids is 2. The number of rotatable bonds is 11. The Bertz CT molecular complexity index is 1450. The van der Waals surface area contributed by atoms with Gasteiger partial charge in [-0.25, -0.2) is 0 Å². The number of hydrogen-bond acceptors (Lipinski definition) is 6. The number of fused-ring (bicyclic) bond motifs is 1. The van der Waals surface area contributed by atoms with E-state index in [4.69, 9.17) is 26.8 Å². The van der Waals surface area contributed by atoms with E-state index in [1.54, 1.807) is 7.11 Å². The van der Waals surface area contributed by atoms with Crippen LogP contribution < -0.4 is 30.3 Å². The van der Waals surface area contributed by atoms with Crippen LogP contribution in [0.15, 0.2) is 60.7 Å². The van der Waals surface area contributed by atoms with Gasteiger partial charge in [-0.3, -0.25) is 9.59 Å². The fourth-order valence-corrected chi connectivity index (χ4v) is 6.61. The molecule has 3 aromatic rings. The first-order chi connectivity index (χ1) is 21.1. The lowest BCUT2D eigenvalue weighted by atomic mass is 9.85. The molecule has 0 saturated heterocycles. The number of halogens is 1. The van der Waals surface area contributed by atoms with Gasteiger partial charge in [-0.15, -0.1) is 0 Å². The van der Waals surface area contributed by atoms with Gasteiger partial charge in [0.25, 0.3) is 0 Å². The van der Waals surface area contributed by atoms with Gasteiger partial charge in [0.05, 0.1) is 32.2 Å². The van der Waals surface area contributed by atoms with Crippen molar-refractivity contribution >= 4 is 34.8 Å². The largest absolute Gasteiger partial charge is 0.493 e. The SMILES string of the molecule is COc1cc2c(cc1OC(C)C)[C@H](c1ccc(Cl)cc1)N(c1ccc(N(C)CC3CCC(NCC(N)=O)CC3)cc1)C(=O)C2. The number of carbonyl (C=O) groups is 2. The molecule has 1 heterocycles. The quantitative estimate of drug-likeness (QED) is 0.278. The van der Waals surface area contributed by atoms with Crippen molar-refractivity contribution in [3.8, 4) is 11.5 Å². The summed E-state index contributed by atoms with van der Waals surface area (Å²) in [5.74, 6) is 1.57. The Morgan fingerprint density at radius 1 is 1.05 bits per heavy atom. The summed E-state index contributed by atoms with van der Waals surface area (Å²) in [6.45, 7) is 5.16. The first-order valence-corrected chi connectivity index (χ1v) is 15.8. The molecule has 0 aromatic heterocycles. The normalized spacial score (nSPS) is 19.9. The van der Waals surface area contributed by atoms with Crippen LogP contribution in [0.5, 0.6) is 11.5 Å². The van der Waals surface area contributed by atoms with Crippen LogP contribution in [0.2, 0.25) is 5.02 Å². The standard InChI is InChI=1S/C35H43ClN4O4/c1-22(2)44-32-19-30-25(17-31(32)43-4)18-34(42)40(35(30)24-7-9-26(36)10-8-24)29-15-13-28(14-16-29)39(3)21-23-5-11-27(12-6-23)38-20-33(37)41/h7-10,13-17,19,22-23,27,35,38H,5-6,11-12,18,20-21H2,1-4H3,(H2,37,41)/t23?,27?,35-/m0/s1. The van der Waals surface area contributed by atoms with E-state index in [9.17, 15) is 9.59 Å². The van der Waals surface area contributed by atoms with Crippen molar-refractivity contribution in [1.82, 2.24) is 5.32 Å². The summed E-state index contributed by atoms with van der Waals surface area (Å²) in [7, 11) is 3.74. The van der Waals surface area contributed by atoms with E-state index in [-0.39, 0.29) is 36.9 Å². The summed E-state index contributed by atoms with van der Waals surface area (Å²) in [4.78, 5) is 29.1. The van der Waals surface area contributed by atoms with E-state index in [0.717, 1.165) is 60.3 Å². The molecule has 0 spiro atoms. The lowest BCUT2D eigenvalue weighted by molar-refractivity contribution is -0.119. The van der Waals surface area contributed by atoms with E-state index >= 15 is 0 Å². The molecule has 2 aliphatic rings. The monoisotopic (exact) mass is 618 g/mol. The molecule has 234 valence electrons. The van der Waals surface area contributed by atoms with Crippen LogP contribution in [0, 0.1) is 5.92 Å². The summed E-state index contributed by atoms with van der Waals surface area (Å²) in [5.41, 5.74) is 10.1. The van der Waals surface area contributed by atoms with E-state index in [0.29, 0.717) is 28.5 Å². The van der Waals surface area contributed by atoms with Crippen molar-refractivity contribution in [2.75, 3.05) is 37.0 Å². The minimum absolute atomic E-state index is 0.0137. The fraction of sp³-hybridized carbons (Fsp3) is 0.429. The van der Waals surface area contributed by atoms with Gasteiger partial charge in [0, 0.05) is 36.0 Å². The Hall–Kier alpha value is -3.75. The molecule has 2 amide bonds. The third-order valence-electron chi connectivity index (χ3n) is 8.65. The van der Waals surface area contributed by atoms with Gasteiger partial charge in [-0.1, -0.05) is 23.7 Å². The fourth-order valence-electron chi connectivity index (χ4n) is 6.48. The Labute approximate surface area is 265 Å². The second-order valence-electron chi connectivity index (χ2n) is 12.2. The molecule has 1 aliphatic heterocycles. The number of anilines is 2. The van der Waals surface area contributed by atoms with Gasteiger partial charge < -0.3 is 30.3 Å². The van der Waals surface area contributed by atoms with E-state index in [2.05, 4.69) is 29.4 Å². The molecule has 9 heteroatoms. The molecule has 3 N–H and O–H groups in total. The Morgan fingerprint density at radius 3 is 2.34 bits per heavy atom. The predicted octanol–water partition coefficient (Wildman–Crippen LogP) is 5.88. The lowest BCUT2D eigenvalue weighted by Gasteiger charge is -2.38. The zero-order valence-electron chi connectivity index (χ0n) is 26.0. The van der Waals surface area contributed by atoms with Gasteiger partial charge in [0.15, 0.2) is 11.5 Å². The van der Waals surface area contributed by atoms with Gasteiger partial charge in [-0.2, -0.15) is 0 Å². The highest BCUT2D eigenvalue weighted by Gasteiger charge is 2.36. The predicted molar refractivity (Wildman–Crippen MR) is 176 cm³/mol. The van der Waals surface area contributed by atoms with Crippen molar-refractivity contribution in [3.63, 3.8) is 0 Å². The molecular formula is C35H43ClN4O4. The second-order valence-corrected chi connectivity index (χ2v) is 12.7. The molecular weight excluding hydrogens is 576 g/mol. The summed E-state index contributed by atoms with van der Waals surface area (Å²) in [5, 5.41) is 3.91. The average molecular weight is 619 g/mol. The van der Waals surface area contributed by atoms with Gasteiger partial charge in [0.2, 0.25) is 11.8 Å². The van der Waals surface area contributed by atoms with E-state index in [1.165, 1.54) is 0 Å². The molecule has 1 aliphatic carbocycles. The van der Waals surface area contributed by atoms with Crippen molar-refractivity contribution in [2.24, 2.45) is 11.7 Å². The zero-order valence-corrected chi connectivity index (χ0v) is 26.8. The number of nitrogens with zero attached hydrogens (tertiary/aromatic N) is 2. The van der Waals surface area contributed by atoms with E-state index < -0.39 is 0 Å². The van der Waals surface area contributed by atoms with E-state index in [1.807, 2.05) is 67.3 Å². The molecule has 0 unspecified atom stereocenters. The minimum Gasteiger partial charge on any atom is -0.493 e. The van der Waals surface area contributed by atoms with Crippen LogP contribution in [-0.4, -0.2) is 51.2 Å². The number of primary amides is 1. The zero-order chi connectivity index (χ0) is 31.4. The molecule has 5 rings (SSSR count). The number of ether oxygens (including phenoxy) is 2. The molecule has 0 bridgehead atoms. The van der Waals surface area contributed by atoms with Crippen LogP contribution in [-0.2, 0) is 16.0 Å². The maximum Gasteiger partial charge on any atom is 0.232 e. The first kappa shape index (κ1) is 31.7. The van der Waals surface area contributed by atoms with Crippen molar-refractivity contribution in [3.05, 3.63) is 82.4 Å². The average Bonchev–Trinajstić information content (AvgIpc) is 3.00. The number of benzene rings is 3.